The van der Waals surface area contributed by atoms with Crippen LogP contribution in [0.3, 0.4) is 0 Å². The van der Waals surface area contributed by atoms with Gasteiger partial charge in [0.15, 0.2) is 0 Å². The van der Waals surface area contributed by atoms with Gasteiger partial charge in [-0.25, -0.2) is 4.79 Å². The van der Waals surface area contributed by atoms with Gasteiger partial charge in [0, 0.05) is 6.54 Å². The minimum Gasteiger partial charge on any atom is -0.465 e. The molecule has 0 spiro atoms. The van der Waals surface area contributed by atoms with E-state index in [1.807, 2.05) is 6.92 Å². The van der Waals surface area contributed by atoms with Crippen LogP contribution in [0.4, 0.5) is 4.79 Å². The molecule has 1 N–H and O–H groups in total. The number of Topliss-reactive ketones (excluding diaryl/α,β-unsaturated/α-hetero) is 1. The van der Waals surface area contributed by atoms with Crippen molar-refractivity contribution in [2.45, 2.75) is 26.7 Å². The topological polar surface area (TPSA) is 57.6 Å². The number of amides is 1. The molecule has 0 fully saturated rings. The number of carbonyl (C=O) groups is 2. The van der Waals surface area contributed by atoms with Crippen LogP contribution in [0, 0.1) is 5.92 Å². The van der Waals surface area contributed by atoms with E-state index in [4.69, 9.17) is 5.11 Å². The summed E-state index contributed by atoms with van der Waals surface area (Å²) in [4.78, 5) is 22.8. The first-order valence-corrected chi connectivity index (χ1v) is 5.10. The van der Waals surface area contributed by atoms with E-state index in [-0.39, 0.29) is 12.3 Å². The number of nitrogens with zero attached hydrogens (tertiary/aromatic N) is 1. The Morgan fingerprint density at radius 2 is 2.00 bits per heavy atom. The molecule has 0 heterocycles. The van der Waals surface area contributed by atoms with Gasteiger partial charge in [0.05, 0.1) is 6.54 Å². The number of carbonyl (C=O) groups excluding carboxylic acids is 1. The van der Waals surface area contributed by atoms with Gasteiger partial charge in [-0.15, -0.1) is 5.73 Å². The van der Waals surface area contributed by atoms with E-state index >= 15 is 0 Å². The monoisotopic (exact) mass is 224 g/mol. The molecule has 0 aliphatic heterocycles. The molecule has 1 amide bonds. The highest BCUT2D eigenvalue weighted by Gasteiger charge is 2.16. The summed E-state index contributed by atoms with van der Waals surface area (Å²) < 4.78 is 0. The van der Waals surface area contributed by atoms with Crippen LogP contribution in [0.2, 0.25) is 0 Å². The van der Waals surface area contributed by atoms with E-state index in [2.05, 4.69) is 12.3 Å². The molecule has 0 bridgehead atoms. The highest BCUT2D eigenvalue weighted by Crippen LogP contribution is 2.10. The minimum absolute atomic E-state index is 0.0516. The Hall–Kier alpha value is -1.54. The maximum Gasteiger partial charge on any atom is 0.407 e. The summed E-state index contributed by atoms with van der Waals surface area (Å²) in [5.74, 6) is 0.872. The van der Waals surface area contributed by atoms with Gasteiger partial charge in [0.1, 0.15) is 5.78 Å². The molecule has 0 saturated heterocycles. The molecule has 0 aromatic carbocycles. The highest BCUT2D eigenvalue weighted by atomic mass is 16.4. The van der Waals surface area contributed by atoms with E-state index in [1.54, 1.807) is 6.08 Å². The van der Waals surface area contributed by atoms with Crippen LogP contribution in [0.25, 0.3) is 0 Å². The van der Waals surface area contributed by atoms with E-state index in [0.717, 1.165) is 23.7 Å². The fraction of sp³-hybridized carbons (Fsp3) is 0.500. The Labute approximate surface area is 96.3 Å². The standard InChI is InChI=1S/C12H18NO3/c1-4-5-6-7-10(2)8-13(12(15)16)9-11(3)14/h5H,1,6-9H2,2-3H3,(H,15,16). The Kier molecular flexibility index (Phi) is 6.97. The maximum atomic E-state index is 10.9. The molecule has 16 heavy (non-hydrogen) atoms. The van der Waals surface area contributed by atoms with Gasteiger partial charge < -0.3 is 10.0 Å². The first kappa shape index (κ1) is 14.5. The van der Waals surface area contributed by atoms with Crippen molar-refractivity contribution in [1.82, 2.24) is 4.90 Å². The van der Waals surface area contributed by atoms with E-state index in [0.29, 0.717) is 6.54 Å². The van der Waals surface area contributed by atoms with Crippen molar-refractivity contribution < 1.29 is 14.7 Å². The third kappa shape index (κ3) is 6.85. The number of carboxylic acid groups (broad SMARTS) is 1. The summed E-state index contributed by atoms with van der Waals surface area (Å²) in [5, 5.41) is 8.87. The summed E-state index contributed by atoms with van der Waals surface area (Å²) in [6, 6.07) is 0. The van der Waals surface area contributed by atoms with Crippen LogP contribution in [-0.2, 0) is 4.79 Å². The zero-order valence-corrected chi connectivity index (χ0v) is 9.82. The van der Waals surface area contributed by atoms with E-state index in [1.165, 1.54) is 6.92 Å². The third-order valence-corrected chi connectivity index (χ3v) is 2.00. The number of rotatable bonds is 7. The fourth-order valence-electron chi connectivity index (χ4n) is 1.29. The zero-order chi connectivity index (χ0) is 12.6. The molecule has 0 aromatic rings. The van der Waals surface area contributed by atoms with Crippen LogP contribution < -0.4 is 0 Å². The Morgan fingerprint density at radius 3 is 2.44 bits per heavy atom. The first-order valence-electron chi connectivity index (χ1n) is 5.10. The second-order valence-corrected chi connectivity index (χ2v) is 3.74. The Balaban J connectivity index is 4.12. The molecule has 0 aliphatic carbocycles. The van der Waals surface area contributed by atoms with Gasteiger partial charge in [-0.1, -0.05) is 13.5 Å². The van der Waals surface area contributed by atoms with E-state index in [9.17, 15) is 9.59 Å². The van der Waals surface area contributed by atoms with Gasteiger partial charge in [-0.05, 0) is 31.8 Å². The van der Waals surface area contributed by atoms with Crippen molar-refractivity contribution in [3.05, 3.63) is 24.3 Å². The van der Waals surface area contributed by atoms with Crippen LogP contribution in [-0.4, -0.2) is 35.0 Å². The summed E-state index contributed by atoms with van der Waals surface area (Å²) in [6.45, 7) is 6.96. The zero-order valence-electron chi connectivity index (χ0n) is 9.82. The van der Waals surface area contributed by atoms with Gasteiger partial charge in [0.2, 0.25) is 0 Å². The average molecular weight is 224 g/mol. The lowest BCUT2D eigenvalue weighted by Crippen LogP contribution is -2.36. The molecular formula is C12H18NO3. The smallest absolute Gasteiger partial charge is 0.407 e. The molecule has 0 atom stereocenters. The third-order valence-electron chi connectivity index (χ3n) is 2.00. The largest absolute Gasteiger partial charge is 0.465 e. The van der Waals surface area contributed by atoms with Crippen LogP contribution >= 0.6 is 0 Å². The van der Waals surface area contributed by atoms with Crippen LogP contribution in [0.15, 0.2) is 18.4 Å². The summed E-state index contributed by atoms with van der Waals surface area (Å²) in [6.07, 6.45) is 2.32. The lowest BCUT2D eigenvalue weighted by Gasteiger charge is -2.21. The maximum absolute atomic E-state index is 10.9. The Bertz CT molecular complexity index is 293. The lowest BCUT2D eigenvalue weighted by atomic mass is 10.1. The molecule has 4 nitrogen and oxygen atoms in total. The first-order chi connectivity index (χ1) is 7.47. The van der Waals surface area contributed by atoms with Crippen molar-refractivity contribution >= 4 is 11.9 Å². The van der Waals surface area contributed by atoms with Crippen LogP contribution in [0.5, 0.6) is 0 Å². The predicted molar refractivity (Wildman–Crippen MR) is 62.1 cm³/mol. The second kappa shape index (κ2) is 7.71. The fourth-order valence-corrected chi connectivity index (χ4v) is 1.29. The highest BCUT2D eigenvalue weighted by molar-refractivity contribution is 5.81. The second-order valence-electron chi connectivity index (χ2n) is 3.74. The number of ketones is 1. The summed E-state index contributed by atoms with van der Waals surface area (Å²) in [7, 11) is 0. The van der Waals surface area contributed by atoms with Crippen molar-refractivity contribution in [3.63, 3.8) is 0 Å². The summed E-state index contributed by atoms with van der Waals surface area (Å²) in [5.41, 5.74) is 2.66. The van der Waals surface area contributed by atoms with Crippen molar-refractivity contribution in [1.29, 1.82) is 0 Å². The quantitative estimate of drug-likeness (QED) is 0.675. The summed E-state index contributed by atoms with van der Waals surface area (Å²) >= 11 is 0. The molecule has 0 aromatic heterocycles. The van der Waals surface area contributed by atoms with Gasteiger partial charge >= 0.3 is 6.09 Å². The molecule has 0 rings (SSSR count). The van der Waals surface area contributed by atoms with Crippen molar-refractivity contribution in [2.75, 3.05) is 13.1 Å². The lowest BCUT2D eigenvalue weighted by molar-refractivity contribution is -0.117. The van der Waals surface area contributed by atoms with E-state index < -0.39 is 6.09 Å². The molecular weight excluding hydrogens is 206 g/mol. The SMILES string of the molecule is C=C=CCC[C](C)CN(CC(C)=O)C(=O)O. The predicted octanol–water partition coefficient (Wildman–Crippen LogP) is 2.27. The van der Waals surface area contributed by atoms with Gasteiger partial charge in [-0.2, -0.15) is 0 Å². The normalized spacial score (nSPS) is 9.69. The van der Waals surface area contributed by atoms with Gasteiger partial charge in [-0.3, -0.25) is 4.79 Å². The number of allylic oxidation sites excluding steroid dienone is 1. The average Bonchev–Trinajstić information content (AvgIpc) is 2.16. The molecule has 0 aliphatic rings. The number of hydrogen-bond acceptors (Lipinski definition) is 2. The van der Waals surface area contributed by atoms with Gasteiger partial charge in [0.25, 0.3) is 0 Å². The Morgan fingerprint density at radius 1 is 1.38 bits per heavy atom. The molecule has 1 radical (unpaired) electrons. The molecule has 89 valence electrons. The minimum atomic E-state index is -1.06. The molecule has 0 saturated carbocycles. The van der Waals surface area contributed by atoms with Crippen molar-refractivity contribution in [2.24, 2.45) is 0 Å². The molecule has 0 unspecified atom stereocenters. The molecule has 4 heteroatoms. The van der Waals surface area contributed by atoms with Crippen molar-refractivity contribution in [3.8, 4) is 0 Å². The number of hydrogen-bond donors (Lipinski definition) is 1. The van der Waals surface area contributed by atoms with Crippen LogP contribution in [0.1, 0.15) is 26.7 Å².